The number of β-amino-alcohol motifs (C(OH)–C–C–N with tert-alkyl or cyclic N) is 1. The minimum Gasteiger partial charge on any atom is -0.383 e. The van der Waals surface area contributed by atoms with E-state index in [0.717, 1.165) is 49.2 Å². The summed E-state index contributed by atoms with van der Waals surface area (Å²) in [5.74, 6) is 1.31. The van der Waals surface area contributed by atoms with Gasteiger partial charge in [-0.3, -0.25) is 9.69 Å². The number of nitrogens with one attached hydrogen (secondary N) is 1. The van der Waals surface area contributed by atoms with E-state index in [1.807, 2.05) is 18.2 Å². The van der Waals surface area contributed by atoms with Crippen molar-refractivity contribution >= 4 is 16.9 Å². The first kappa shape index (κ1) is 19.4. The Morgan fingerprint density at radius 2 is 2.07 bits per heavy atom. The van der Waals surface area contributed by atoms with Crippen molar-refractivity contribution in [3.05, 3.63) is 30.1 Å². The SMILES string of the molecule is COCCN1CCC[C@](O)(CN2CCC(c3nc4ccccc4[nH]3)CC2)C1=O. The molecule has 0 unspecified atom stereocenters. The number of fused-ring (bicyclic) bond motifs is 1. The van der Waals surface area contributed by atoms with Crippen molar-refractivity contribution in [1.29, 1.82) is 0 Å². The highest BCUT2D eigenvalue weighted by Gasteiger charge is 2.43. The van der Waals surface area contributed by atoms with Gasteiger partial charge in [-0.25, -0.2) is 4.98 Å². The molecule has 2 saturated heterocycles. The molecule has 2 N–H and O–H groups in total. The average Bonchev–Trinajstić information content (AvgIpc) is 3.14. The molecule has 7 heteroatoms. The van der Waals surface area contributed by atoms with Crippen LogP contribution in [0.5, 0.6) is 0 Å². The third-order valence-electron chi connectivity index (χ3n) is 6.14. The monoisotopic (exact) mass is 386 g/mol. The molecule has 1 amide bonds. The largest absolute Gasteiger partial charge is 0.383 e. The van der Waals surface area contributed by atoms with E-state index >= 15 is 0 Å². The molecule has 0 bridgehead atoms. The lowest BCUT2D eigenvalue weighted by molar-refractivity contribution is -0.160. The van der Waals surface area contributed by atoms with Crippen LogP contribution in [0.25, 0.3) is 11.0 Å². The molecule has 4 rings (SSSR count). The number of likely N-dealkylation sites (tertiary alicyclic amines) is 2. The summed E-state index contributed by atoms with van der Waals surface area (Å²) in [5, 5.41) is 11.0. The summed E-state index contributed by atoms with van der Waals surface area (Å²) in [4.78, 5) is 25.0. The van der Waals surface area contributed by atoms with Gasteiger partial charge in [-0.15, -0.1) is 0 Å². The van der Waals surface area contributed by atoms with Gasteiger partial charge >= 0.3 is 0 Å². The predicted octanol–water partition coefficient (Wildman–Crippen LogP) is 1.74. The van der Waals surface area contributed by atoms with Gasteiger partial charge in [-0.05, 0) is 50.9 Å². The smallest absolute Gasteiger partial charge is 0.255 e. The van der Waals surface area contributed by atoms with Crippen LogP contribution in [-0.2, 0) is 9.53 Å². The van der Waals surface area contributed by atoms with E-state index in [-0.39, 0.29) is 5.91 Å². The first-order chi connectivity index (χ1) is 13.6. The fourth-order valence-electron chi connectivity index (χ4n) is 4.53. The van der Waals surface area contributed by atoms with Gasteiger partial charge in [0, 0.05) is 32.7 Å². The minimum absolute atomic E-state index is 0.143. The minimum atomic E-state index is -1.27. The van der Waals surface area contributed by atoms with Crippen LogP contribution in [-0.4, -0.2) is 82.8 Å². The van der Waals surface area contributed by atoms with E-state index in [1.54, 1.807) is 12.0 Å². The number of carbonyl (C=O) groups excluding carboxylic acids is 1. The summed E-state index contributed by atoms with van der Waals surface area (Å²) in [6.07, 6.45) is 3.34. The molecule has 1 aromatic carbocycles. The fourth-order valence-corrected chi connectivity index (χ4v) is 4.53. The van der Waals surface area contributed by atoms with Gasteiger partial charge in [0.15, 0.2) is 5.60 Å². The molecule has 1 atom stereocenters. The molecule has 0 spiro atoms. The summed E-state index contributed by atoms with van der Waals surface area (Å²) < 4.78 is 5.09. The van der Waals surface area contributed by atoms with Crippen molar-refractivity contribution in [3.63, 3.8) is 0 Å². The third-order valence-corrected chi connectivity index (χ3v) is 6.14. The van der Waals surface area contributed by atoms with Gasteiger partial charge in [-0.2, -0.15) is 0 Å². The van der Waals surface area contributed by atoms with Gasteiger partial charge in [0.05, 0.1) is 17.6 Å². The molecule has 28 heavy (non-hydrogen) atoms. The van der Waals surface area contributed by atoms with Crippen molar-refractivity contribution in [1.82, 2.24) is 19.8 Å². The Labute approximate surface area is 165 Å². The number of nitrogens with zero attached hydrogens (tertiary/aromatic N) is 3. The highest BCUT2D eigenvalue weighted by molar-refractivity contribution is 5.86. The molecular formula is C21H30N4O3. The van der Waals surface area contributed by atoms with E-state index in [2.05, 4.69) is 16.0 Å². The number of H-pyrrole nitrogens is 1. The molecule has 2 fully saturated rings. The Bertz CT molecular complexity index is 782. The van der Waals surface area contributed by atoms with Crippen LogP contribution in [0.3, 0.4) is 0 Å². The summed E-state index contributed by atoms with van der Waals surface area (Å²) in [6.45, 7) is 3.92. The number of amides is 1. The normalized spacial score (nSPS) is 24.9. The molecule has 7 nitrogen and oxygen atoms in total. The third kappa shape index (κ3) is 3.92. The number of aliphatic hydroxyl groups is 1. The van der Waals surface area contributed by atoms with E-state index in [1.165, 1.54) is 0 Å². The summed E-state index contributed by atoms with van der Waals surface area (Å²) in [5.41, 5.74) is 0.828. The van der Waals surface area contributed by atoms with Crippen LogP contribution in [0.15, 0.2) is 24.3 Å². The quantitative estimate of drug-likeness (QED) is 0.790. The molecular weight excluding hydrogens is 356 g/mol. The zero-order valence-electron chi connectivity index (χ0n) is 16.6. The summed E-state index contributed by atoms with van der Waals surface area (Å²) >= 11 is 0. The molecule has 2 aliphatic rings. The number of hydrogen-bond donors (Lipinski definition) is 2. The zero-order valence-corrected chi connectivity index (χ0v) is 16.6. The van der Waals surface area contributed by atoms with Gasteiger partial charge in [0.2, 0.25) is 0 Å². The van der Waals surface area contributed by atoms with Crippen LogP contribution >= 0.6 is 0 Å². The van der Waals surface area contributed by atoms with E-state index in [0.29, 0.717) is 38.6 Å². The summed E-state index contributed by atoms with van der Waals surface area (Å²) in [6, 6.07) is 8.11. The first-order valence-electron chi connectivity index (χ1n) is 10.3. The zero-order chi connectivity index (χ0) is 19.6. The number of benzene rings is 1. The maximum atomic E-state index is 12.8. The standard InChI is InChI=1S/C21H30N4O3/c1-28-14-13-25-10-4-9-21(27,20(25)26)15-24-11-7-16(8-12-24)19-22-17-5-2-3-6-18(17)23-19/h2-3,5-6,16,27H,4,7-15H2,1H3,(H,22,23)/t21-/m0/s1. The Hall–Kier alpha value is -1.96. The lowest BCUT2D eigenvalue weighted by Gasteiger charge is -2.42. The average molecular weight is 386 g/mol. The number of rotatable bonds is 6. The lowest BCUT2D eigenvalue weighted by Crippen LogP contribution is -2.59. The maximum Gasteiger partial charge on any atom is 0.255 e. The second kappa shape index (κ2) is 8.19. The van der Waals surface area contributed by atoms with Crippen LogP contribution < -0.4 is 0 Å². The molecule has 0 aliphatic carbocycles. The van der Waals surface area contributed by atoms with Gasteiger partial charge in [0.25, 0.3) is 5.91 Å². The van der Waals surface area contributed by atoms with Gasteiger partial charge in [0.1, 0.15) is 5.82 Å². The number of aromatic amines is 1. The number of hydrogen-bond acceptors (Lipinski definition) is 5. The molecule has 3 heterocycles. The topological polar surface area (TPSA) is 81.7 Å². The van der Waals surface area contributed by atoms with Crippen molar-refractivity contribution in [3.8, 4) is 0 Å². The molecule has 0 saturated carbocycles. The summed E-state index contributed by atoms with van der Waals surface area (Å²) in [7, 11) is 1.63. The highest BCUT2D eigenvalue weighted by atomic mass is 16.5. The molecule has 2 aromatic rings. The number of carbonyl (C=O) groups is 1. The van der Waals surface area contributed by atoms with Crippen molar-refractivity contribution in [2.24, 2.45) is 0 Å². The number of piperidine rings is 2. The Balaban J connectivity index is 1.35. The van der Waals surface area contributed by atoms with Crippen LogP contribution in [0, 0.1) is 0 Å². The first-order valence-corrected chi connectivity index (χ1v) is 10.3. The van der Waals surface area contributed by atoms with Crippen molar-refractivity contribution < 1.29 is 14.6 Å². The number of imidazole rings is 1. The van der Waals surface area contributed by atoms with Crippen LogP contribution in [0.2, 0.25) is 0 Å². The number of aromatic nitrogens is 2. The maximum absolute atomic E-state index is 12.8. The second-order valence-electron chi connectivity index (χ2n) is 8.11. The molecule has 0 radical (unpaired) electrons. The van der Waals surface area contributed by atoms with Crippen LogP contribution in [0.1, 0.15) is 37.4 Å². The number of para-hydroxylation sites is 2. The predicted molar refractivity (Wildman–Crippen MR) is 107 cm³/mol. The van der Waals surface area contributed by atoms with Crippen molar-refractivity contribution in [2.45, 2.75) is 37.2 Å². The van der Waals surface area contributed by atoms with E-state index in [4.69, 9.17) is 9.72 Å². The number of methoxy groups -OCH3 is 1. The Morgan fingerprint density at radius 1 is 1.29 bits per heavy atom. The second-order valence-corrected chi connectivity index (χ2v) is 8.11. The number of ether oxygens (including phenoxy) is 1. The van der Waals surface area contributed by atoms with Crippen molar-refractivity contribution in [2.75, 3.05) is 46.4 Å². The van der Waals surface area contributed by atoms with E-state index in [9.17, 15) is 9.90 Å². The highest BCUT2D eigenvalue weighted by Crippen LogP contribution is 2.30. The lowest BCUT2D eigenvalue weighted by atomic mass is 9.89. The Morgan fingerprint density at radius 3 is 2.82 bits per heavy atom. The van der Waals surface area contributed by atoms with E-state index < -0.39 is 5.60 Å². The Kier molecular flexibility index (Phi) is 5.66. The van der Waals surface area contributed by atoms with Crippen LogP contribution in [0.4, 0.5) is 0 Å². The molecule has 2 aliphatic heterocycles. The van der Waals surface area contributed by atoms with Gasteiger partial charge < -0.3 is 19.7 Å². The molecule has 152 valence electrons. The van der Waals surface area contributed by atoms with Gasteiger partial charge in [-0.1, -0.05) is 12.1 Å². The fraction of sp³-hybridized carbons (Fsp3) is 0.619. The molecule has 1 aromatic heterocycles.